The maximum absolute atomic E-state index is 12.1. The predicted octanol–water partition coefficient (Wildman–Crippen LogP) is 1.14. The number of aromatic amines is 1. The Kier molecular flexibility index (Phi) is 3.57. The molecule has 0 aliphatic heterocycles. The van der Waals surface area contributed by atoms with Gasteiger partial charge in [-0.1, -0.05) is 30.3 Å². The second-order valence-electron chi connectivity index (χ2n) is 3.83. The van der Waals surface area contributed by atoms with Crippen molar-refractivity contribution in [2.24, 2.45) is 0 Å². The minimum absolute atomic E-state index is 0.164. The smallest absolute Gasteiger partial charge is 0.284 e. The first-order chi connectivity index (χ1) is 8.63. The zero-order chi connectivity index (χ0) is 13.1. The van der Waals surface area contributed by atoms with E-state index in [2.05, 4.69) is 4.98 Å². The first kappa shape index (κ1) is 12.5. The highest BCUT2D eigenvalue weighted by Crippen LogP contribution is 1.98. The molecule has 0 saturated heterocycles. The lowest BCUT2D eigenvalue weighted by Gasteiger charge is -2.08. The molecular formula is C12H13N3O2S. The van der Waals surface area contributed by atoms with Gasteiger partial charge in [-0.3, -0.25) is 9.55 Å². The van der Waals surface area contributed by atoms with Gasteiger partial charge in [-0.2, -0.15) is 0 Å². The third-order valence-electron chi connectivity index (χ3n) is 2.67. The van der Waals surface area contributed by atoms with Crippen LogP contribution in [-0.2, 0) is 13.1 Å². The number of nitrogens with zero attached hydrogens (tertiary/aromatic N) is 2. The van der Waals surface area contributed by atoms with Crippen LogP contribution in [0, 0.1) is 4.77 Å². The molecular weight excluding hydrogens is 250 g/mol. The molecule has 0 amide bonds. The van der Waals surface area contributed by atoms with E-state index in [-0.39, 0.29) is 17.0 Å². The summed E-state index contributed by atoms with van der Waals surface area (Å²) in [7, 11) is 0. The molecule has 0 saturated carbocycles. The Labute approximate surface area is 108 Å². The van der Waals surface area contributed by atoms with E-state index in [0.717, 1.165) is 10.1 Å². The van der Waals surface area contributed by atoms with Crippen molar-refractivity contribution in [1.82, 2.24) is 14.1 Å². The summed E-state index contributed by atoms with van der Waals surface area (Å²) in [5.74, 6) is 0. The van der Waals surface area contributed by atoms with Gasteiger partial charge in [-0.25, -0.2) is 14.2 Å². The Morgan fingerprint density at radius 2 is 1.83 bits per heavy atom. The number of hydrogen-bond donors (Lipinski definition) is 1. The number of nitrogens with one attached hydrogen (secondary N) is 1. The zero-order valence-electron chi connectivity index (χ0n) is 9.92. The van der Waals surface area contributed by atoms with Gasteiger partial charge in [-0.05, 0) is 24.7 Å². The molecule has 0 spiro atoms. The summed E-state index contributed by atoms with van der Waals surface area (Å²) in [6.45, 7) is 2.48. The molecule has 2 rings (SSSR count). The van der Waals surface area contributed by atoms with Crippen LogP contribution >= 0.6 is 12.2 Å². The van der Waals surface area contributed by atoms with Crippen LogP contribution in [0.3, 0.4) is 0 Å². The molecule has 0 unspecified atom stereocenters. The van der Waals surface area contributed by atoms with Crippen molar-refractivity contribution in [1.29, 1.82) is 0 Å². The summed E-state index contributed by atoms with van der Waals surface area (Å²) in [5.41, 5.74) is 0.0403. The molecule has 1 aromatic carbocycles. The molecule has 2 aromatic rings. The highest BCUT2D eigenvalue weighted by Gasteiger charge is 2.06. The quantitative estimate of drug-likeness (QED) is 0.845. The van der Waals surface area contributed by atoms with Gasteiger partial charge < -0.3 is 0 Å². The molecule has 0 atom stereocenters. The van der Waals surface area contributed by atoms with Crippen LogP contribution in [-0.4, -0.2) is 14.1 Å². The first-order valence-electron chi connectivity index (χ1n) is 5.61. The van der Waals surface area contributed by atoms with Gasteiger partial charge in [0.25, 0.3) is 0 Å². The summed E-state index contributed by atoms with van der Waals surface area (Å²) in [6, 6.07) is 9.34. The Hall–Kier alpha value is -1.95. The van der Waals surface area contributed by atoms with Crippen LogP contribution in [0.15, 0.2) is 39.9 Å². The maximum atomic E-state index is 12.1. The SMILES string of the molecule is CCn1c(=S)[nH]c(=O)n(Cc2ccccc2)c1=O. The van der Waals surface area contributed by atoms with Crippen LogP contribution in [0.1, 0.15) is 12.5 Å². The molecule has 0 radical (unpaired) electrons. The lowest BCUT2D eigenvalue weighted by atomic mass is 10.2. The van der Waals surface area contributed by atoms with E-state index in [9.17, 15) is 9.59 Å². The Morgan fingerprint density at radius 1 is 1.17 bits per heavy atom. The highest BCUT2D eigenvalue weighted by atomic mass is 32.1. The lowest BCUT2D eigenvalue weighted by Crippen LogP contribution is -2.41. The molecule has 0 aliphatic carbocycles. The number of H-pyrrole nitrogens is 1. The minimum atomic E-state index is -0.474. The first-order valence-corrected chi connectivity index (χ1v) is 6.02. The molecule has 0 fully saturated rings. The van der Waals surface area contributed by atoms with Crippen molar-refractivity contribution in [2.75, 3.05) is 0 Å². The van der Waals surface area contributed by atoms with Gasteiger partial charge in [0, 0.05) is 6.54 Å². The standard InChI is InChI=1S/C12H13N3O2S/c1-2-14-11(18)13-10(16)15(12(14)17)8-9-6-4-3-5-7-9/h3-7H,2,8H2,1H3,(H,13,16,18). The van der Waals surface area contributed by atoms with Crippen molar-refractivity contribution in [3.63, 3.8) is 0 Å². The van der Waals surface area contributed by atoms with Gasteiger partial charge >= 0.3 is 11.4 Å². The molecule has 1 heterocycles. The van der Waals surface area contributed by atoms with Crippen LogP contribution in [0.2, 0.25) is 0 Å². The van der Waals surface area contributed by atoms with Crippen LogP contribution in [0.5, 0.6) is 0 Å². The van der Waals surface area contributed by atoms with Crippen molar-refractivity contribution in [3.8, 4) is 0 Å². The Balaban J connectivity index is 2.56. The maximum Gasteiger partial charge on any atom is 0.334 e. The topological polar surface area (TPSA) is 59.8 Å². The zero-order valence-corrected chi connectivity index (χ0v) is 10.7. The monoisotopic (exact) mass is 263 g/mol. The molecule has 0 bridgehead atoms. The van der Waals surface area contributed by atoms with E-state index in [0.29, 0.717) is 6.54 Å². The van der Waals surface area contributed by atoms with E-state index < -0.39 is 5.69 Å². The summed E-state index contributed by atoms with van der Waals surface area (Å²) < 4.78 is 2.67. The third kappa shape index (κ3) is 2.33. The molecule has 0 aliphatic rings. The van der Waals surface area contributed by atoms with Crippen molar-refractivity contribution < 1.29 is 0 Å². The van der Waals surface area contributed by atoms with E-state index >= 15 is 0 Å². The van der Waals surface area contributed by atoms with E-state index in [4.69, 9.17) is 12.2 Å². The second-order valence-corrected chi connectivity index (χ2v) is 4.22. The van der Waals surface area contributed by atoms with Crippen LogP contribution in [0.25, 0.3) is 0 Å². The van der Waals surface area contributed by atoms with Crippen LogP contribution < -0.4 is 11.4 Å². The normalized spacial score (nSPS) is 10.5. The van der Waals surface area contributed by atoms with Gasteiger partial charge in [0.2, 0.25) is 0 Å². The molecule has 1 N–H and O–H groups in total. The fourth-order valence-electron chi connectivity index (χ4n) is 1.73. The van der Waals surface area contributed by atoms with Gasteiger partial charge in [0.05, 0.1) is 6.54 Å². The third-order valence-corrected chi connectivity index (χ3v) is 2.99. The summed E-state index contributed by atoms with van der Waals surface area (Å²) in [5, 5.41) is 0. The average molecular weight is 263 g/mol. The number of rotatable bonds is 3. The van der Waals surface area contributed by atoms with Gasteiger partial charge in [-0.15, -0.1) is 0 Å². The van der Waals surface area contributed by atoms with E-state index in [1.807, 2.05) is 37.3 Å². The molecule has 5 nitrogen and oxygen atoms in total. The van der Waals surface area contributed by atoms with Gasteiger partial charge in [0.1, 0.15) is 0 Å². The average Bonchev–Trinajstić information content (AvgIpc) is 2.36. The van der Waals surface area contributed by atoms with E-state index in [1.165, 1.54) is 4.57 Å². The van der Waals surface area contributed by atoms with Crippen molar-refractivity contribution in [2.45, 2.75) is 20.0 Å². The molecule has 1 aromatic heterocycles. The molecule has 6 heteroatoms. The fraction of sp³-hybridized carbons (Fsp3) is 0.250. The molecule has 94 valence electrons. The van der Waals surface area contributed by atoms with Gasteiger partial charge in [0.15, 0.2) is 4.77 Å². The fourth-order valence-corrected chi connectivity index (χ4v) is 2.02. The number of hydrogen-bond acceptors (Lipinski definition) is 3. The van der Waals surface area contributed by atoms with Crippen LogP contribution in [0.4, 0.5) is 0 Å². The van der Waals surface area contributed by atoms with Crippen molar-refractivity contribution in [3.05, 3.63) is 61.6 Å². The summed E-state index contributed by atoms with van der Waals surface area (Å²) in [6.07, 6.45) is 0. The molecule has 18 heavy (non-hydrogen) atoms. The van der Waals surface area contributed by atoms with E-state index in [1.54, 1.807) is 0 Å². The summed E-state index contributed by atoms with van der Waals surface area (Å²) >= 11 is 4.94. The Morgan fingerprint density at radius 3 is 2.44 bits per heavy atom. The second kappa shape index (κ2) is 5.14. The Bertz CT molecular complexity index is 713. The summed E-state index contributed by atoms with van der Waals surface area (Å²) in [4.78, 5) is 26.4. The largest absolute Gasteiger partial charge is 0.334 e. The lowest BCUT2D eigenvalue weighted by molar-refractivity contribution is 0.562. The van der Waals surface area contributed by atoms with Crippen molar-refractivity contribution >= 4 is 12.2 Å². The highest BCUT2D eigenvalue weighted by molar-refractivity contribution is 7.71. The minimum Gasteiger partial charge on any atom is -0.284 e. The predicted molar refractivity (Wildman–Crippen MR) is 71.4 cm³/mol. The number of benzene rings is 1. The number of aromatic nitrogens is 3.